The first-order chi connectivity index (χ1) is 47.7. The maximum atomic E-state index is 13.1. The summed E-state index contributed by atoms with van der Waals surface area (Å²) in [6.45, 7) is 4.39. The number of anilines is 3. The number of aromatic amines is 5. The van der Waals surface area contributed by atoms with E-state index in [1.165, 1.54) is 43.4 Å². The van der Waals surface area contributed by atoms with Crippen LogP contribution in [0.25, 0.3) is 65.9 Å². The zero-order valence-electron chi connectivity index (χ0n) is 52.8. The Morgan fingerprint density at radius 3 is 1.51 bits per heavy atom. The monoisotopic (exact) mass is 1350 g/mol. The smallest absolute Gasteiger partial charge is 0.357 e. The molecule has 506 valence electrons. The number of carboxylic acids is 2. The summed E-state index contributed by atoms with van der Waals surface area (Å²) in [5.41, 5.74) is 12.7. The number of nitro benzene ring substituents is 2. The van der Waals surface area contributed by atoms with Gasteiger partial charge in [-0.15, -0.1) is 0 Å². The highest BCUT2D eigenvalue weighted by molar-refractivity contribution is 6.08. The number of nitrogens with zero attached hydrogens (tertiary/aromatic N) is 12. The van der Waals surface area contributed by atoms with Gasteiger partial charge in [0.2, 0.25) is 11.8 Å². The molecule has 2 aliphatic heterocycles. The van der Waals surface area contributed by atoms with Crippen LogP contribution in [0.15, 0.2) is 140 Å². The normalized spacial score (nSPS) is 13.3. The minimum absolute atomic E-state index is 0.0703. The number of nitro groups is 2. The minimum Gasteiger partial charge on any atom is -0.476 e. The number of hydrogen-bond donors (Lipinski definition) is 12. The van der Waals surface area contributed by atoms with Gasteiger partial charge in [-0.1, -0.05) is 18.2 Å². The van der Waals surface area contributed by atoms with Gasteiger partial charge in [0.1, 0.15) is 0 Å². The number of nitrogen functional groups attached to an aromatic ring is 1. The molecule has 2 saturated heterocycles. The van der Waals surface area contributed by atoms with E-state index in [1.807, 2.05) is 23.1 Å². The van der Waals surface area contributed by atoms with Crippen molar-refractivity contribution in [2.24, 2.45) is 5.92 Å². The summed E-state index contributed by atoms with van der Waals surface area (Å²) in [6, 6.07) is 35.8. The van der Waals surface area contributed by atoms with Gasteiger partial charge in [-0.05, 0) is 97.9 Å². The van der Waals surface area contributed by atoms with E-state index in [9.17, 15) is 53.8 Å². The standard InChI is InChI=1S/C30H33N9O3.C9H8N4O3.C9H10N4O.C8H5N3O4.C8H6N2O2/c1-31-30(42)27-24-17-22(5-8-25(24)35-36-27)34-29(41)21-9-12-37(18-21)19-26(40)39-15-13-38(14-16-39)23-6-3-20(4-7-23)28-32-10-2-11-33-28;1-10-9(14)8-6-4-5(13(15)16)2-3-7(6)11-12-8;1-11-9(14)8-6-4-5(10)2-3-7(6)12-13-8;12-8(13)7-5-3-4(11(14)15)1-2-6(5)9-10-7;11-8(12)7-5-3-1-2-4-6(5)9-10-7/h2-8,10-11,17,21H,9,12-16,18-19H2,1H3,(H,31,42)(H,34,41)(H,35,36);2-4H,1H3,(H,10,14)(H,11,12);2-4H,10H2,1H3,(H,11,14)(H,12,13);1-3H,(H,9,10)(H,12,13);1-4H,(H,9,10)(H,11,12). The number of aromatic carboxylic acids is 2. The van der Waals surface area contributed by atoms with Crippen molar-refractivity contribution >= 4 is 124 Å². The summed E-state index contributed by atoms with van der Waals surface area (Å²) in [4.78, 5) is 117. The molecule has 6 aromatic carbocycles. The molecule has 0 saturated carbocycles. The van der Waals surface area contributed by atoms with Gasteiger partial charge in [-0.25, -0.2) is 19.6 Å². The Labute approximate surface area is 557 Å². The molecule has 35 nitrogen and oxygen atoms in total. The number of non-ortho nitro benzene ring substituents is 2. The molecule has 12 aromatic rings. The zero-order chi connectivity index (χ0) is 70.4. The van der Waals surface area contributed by atoms with Crippen LogP contribution in [-0.4, -0.2) is 199 Å². The number of carboxylic acid groups (broad SMARTS) is 2. The molecule has 2 fully saturated rings. The number of nitrogens with one attached hydrogen (secondary N) is 9. The summed E-state index contributed by atoms with van der Waals surface area (Å²) in [5.74, 6) is -2.63. The number of piperazine rings is 1. The maximum Gasteiger partial charge on any atom is 0.357 e. The number of fused-ring (bicyclic) bond motifs is 5. The molecule has 14 rings (SSSR count). The van der Waals surface area contributed by atoms with Crippen molar-refractivity contribution < 1.29 is 53.6 Å². The van der Waals surface area contributed by atoms with Gasteiger partial charge < -0.3 is 47.0 Å². The van der Waals surface area contributed by atoms with Crippen LogP contribution in [0.1, 0.15) is 58.9 Å². The third-order valence-corrected chi connectivity index (χ3v) is 15.8. The third-order valence-electron chi connectivity index (χ3n) is 15.8. The van der Waals surface area contributed by atoms with E-state index >= 15 is 0 Å². The molecule has 99 heavy (non-hydrogen) atoms. The first kappa shape index (κ1) is 68.3. The van der Waals surface area contributed by atoms with E-state index in [2.05, 4.69) is 104 Å². The van der Waals surface area contributed by atoms with Crippen molar-refractivity contribution in [3.8, 4) is 11.4 Å². The Kier molecular flexibility index (Phi) is 21.1. The lowest BCUT2D eigenvalue weighted by Gasteiger charge is -2.36. The van der Waals surface area contributed by atoms with Gasteiger partial charge in [0.15, 0.2) is 34.3 Å². The highest BCUT2D eigenvalue weighted by atomic mass is 16.6. The van der Waals surface area contributed by atoms with Crippen molar-refractivity contribution in [2.45, 2.75) is 6.42 Å². The second kappa shape index (κ2) is 30.6. The third kappa shape index (κ3) is 16.0. The van der Waals surface area contributed by atoms with E-state index < -0.39 is 21.8 Å². The molecule has 35 heteroatoms. The molecule has 0 aliphatic carbocycles. The van der Waals surface area contributed by atoms with Gasteiger partial charge in [0, 0.05) is 140 Å². The van der Waals surface area contributed by atoms with Crippen LogP contribution in [0.5, 0.6) is 0 Å². The first-order valence-electron chi connectivity index (χ1n) is 30.2. The number of rotatable bonds is 13. The number of para-hydroxylation sites is 1. The molecule has 0 bridgehead atoms. The summed E-state index contributed by atoms with van der Waals surface area (Å²) < 4.78 is 0. The maximum absolute atomic E-state index is 13.1. The Balaban J connectivity index is 0.000000152. The van der Waals surface area contributed by atoms with Gasteiger partial charge >= 0.3 is 11.9 Å². The lowest BCUT2D eigenvalue weighted by Crippen LogP contribution is -2.51. The molecule has 13 N–H and O–H groups in total. The number of benzene rings is 6. The fraction of sp³-hybridized carbons (Fsp3) is 0.188. The number of aromatic nitrogens is 12. The van der Waals surface area contributed by atoms with Crippen molar-refractivity contribution in [3.63, 3.8) is 0 Å². The number of nitrogens with two attached hydrogens (primary N) is 1. The summed E-state index contributed by atoms with van der Waals surface area (Å²) in [5, 5.41) is 84.1. The Bertz CT molecular complexity index is 5000. The second-order valence-electron chi connectivity index (χ2n) is 22.0. The van der Waals surface area contributed by atoms with Crippen LogP contribution < -0.4 is 31.9 Å². The van der Waals surface area contributed by atoms with Gasteiger partial charge in [-0.3, -0.25) is 74.6 Å². The van der Waals surface area contributed by atoms with E-state index in [0.29, 0.717) is 94.7 Å². The van der Waals surface area contributed by atoms with Crippen molar-refractivity contribution in [3.05, 3.63) is 188 Å². The average Bonchev–Trinajstić information content (AvgIpc) is 1.72. The Morgan fingerprint density at radius 2 is 0.990 bits per heavy atom. The molecule has 2 aliphatic rings. The van der Waals surface area contributed by atoms with E-state index in [-0.39, 0.29) is 75.0 Å². The predicted octanol–water partition coefficient (Wildman–Crippen LogP) is 5.75. The molecule has 6 aromatic heterocycles. The largest absolute Gasteiger partial charge is 0.476 e. The molecule has 8 heterocycles. The number of likely N-dealkylation sites (tertiary alicyclic amines) is 1. The molecule has 0 spiro atoms. The van der Waals surface area contributed by atoms with Crippen LogP contribution in [0.3, 0.4) is 0 Å². The fourth-order valence-electron chi connectivity index (χ4n) is 10.7. The zero-order valence-corrected chi connectivity index (χ0v) is 52.8. The van der Waals surface area contributed by atoms with Crippen molar-refractivity contribution in [1.29, 1.82) is 0 Å². The number of H-pyrrole nitrogens is 5. The number of amides is 5. The van der Waals surface area contributed by atoms with E-state index in [4.69, 9.17) is 15.9 Å². The first-order valence-corrected chi connectivity index (χ1v) is 30.2. The molecule has 5 amide bonds. The quantitative estimate of drug-likeness (QED) is 0.0371. The van der Waals surface area contributed by atoms with Crippen LogP contribution in [-0.2, 0) is 9.59 Å². The number of carbonyl (C=O) groups excluding carboxylic acids is 5. The summed E-state index contributed by atoms with van der Waals surface area (Å²) >= 11 is 0. The lowest BCUT2D eigenvalue weighted by atomic mass is 10.1. The average molecular weight is 1350 g/mol. The predicted molar refractivity (Wildman–Crippen MR) is 362 cm³/mol. The SMILES string of the molecule is CNC(=O)c1n[nH]c2ccc(N)cc12.CNC(=O)c1n[nH]c2ccc(NC(=O)C3CCN(CC(=O)N4CCN(c5ccc(-c6ncccn6)cc5)CC4)C3)cc12.CNC(=O)c1n[nH]c2ccc([N+](=O)[O-])cc12.O=C(O)c1n[nH]c2ccc([N+](=O)[O-])cc12.O=C(O)c1n[nH]c2ccccc12. The van der Waals surface area contributed by atoms with Gasteiger partial charge in [0.25, 0.3) is 29.1 Å². The van der Waals surface area contributed by atoms with Crippen LogP contribution in [0, 0.1) is 26.1 Å². The lowest BCUT2D eigenvalue weighted by molar-refractivity contribution is -0.384. The van der Waals surface area contributed by atoms with E-state index in [1.54, 1.807) is 87.2 Å². The Morgan fingerprint density at radius 1 is 0.535 bits per heavy atom. The van der Waals surface area contributed by atoms with Gasteiger partial charge in [-0.2, -0.15) is 25.5 Å². The number of hydrogen-bond acceptors (Lipinski definition) is 21. The number of carbonyl (C=O) groups is 7. The minimum atomic E-state index is -1.22. The summed E-state index contributed by atoms with van der Waals surface area (Å²) in [6.07, 6.45) is 4.16. The van der Waals surface area contributed by atoms with Crippen LogP contribution in [0.2, 0.25) is 0 Å². The topological polar surface area (TPSA) is 499 Å². The molecular weight excluding hydrogens is 1280 g/mol. The van der Waals surface area contributed by atoms with Gasteiger partial charge in [0.05, 0.1) is 49.9 Å². The van der Waals surface area contributed by atoms with Crippen molar-refractivity contribution in [2.75, 3.05) is 82.9 Å². The Hall–Kier alpha value is -13.6. The van der Waals surface area contributed by atoms with Crippen LogP contribution in [0.4, 0.5) is 28.4 Å². The van der Waals surface area contributed by atoms with E-state index in [0.717, 1.165) is 40.8 Å². The summed E-state index contributed by atoms with van der Waals surface area (Å²) in [7, 11) is 4.59. The van der Waals surface area contributed by atoms with Crippen LogP contribution >= 0.6 is 0 Å². The second-order valence-corrected chi connectivity index (χ2v) is 22.0. The molecular formula is C64H62N22O13. The molecule has 0 radical (unpaired) electrons. The highest BCUT2D eigenvalue weighted by Crippen LogP contribution is 2.28. The fourth-order valence-corrected chi connectivity index (χ4v) is 10.7. The molecule has 1 unspecified atom stereocenters. The highest BCUT2D eigenvalue weighted by Gasteiger charge is 2.32. The molecule has 1 atom stereocenters. The van der Waals surface area contributed by atoms with Crippen molar-refractivity contribution in [1.82, 2.24) is 86.7 Å².